The zero-order chi connectivity index (χ0) is 18.7. The van der Waals surface area contributed by atoms with Gasteiger partial charge in [0.15, 0.2) is 0 Å². The highest BCUT2D eigenvalue weighted by molar-refractivity contribution is 6.33. The minimum atomic E-state index is -0.434. The number of nitro benzene ring substituents is 1. The molecular formula is C18H18ClN3O4. The first-order valence-electron chi connectivity index (χ1n) is 8.12. The minimum Gasteiger partial charge on any atom is -0.497 e. The smallest absolute Gasteiger partial charge is 0.294 e. The Bertz CT molecular complexity index is 818. The van der Waals surface area contributed by atoms with Crippen LogP contribution in [0.5, 0.6) is 5.75 Å². The molecule has 0 radical (unpaired) electrons. The molecule has 0 spiro atoms. The molecule has 0 N–H and O–H groups in total. The molecule has 136 valence electrons. The van der Waals surface area contributed by atoms with E-state index in [0.29, 0.717) is 48.2 Å². The van der Waals surface area contributed by atoms with Crippen molar-refractivity contribution in [2.75, 3.05) is 38.2 Å². The van der Waals surface area contributed by atoms with Crippen LogP contribution in [0, 0.1) is 10.1 Å². The van der Waals surface area contributed by atoms with Crippen LogP contribution in [0.15, 0.2) is 42.5 Å². The number of methoxy groups -OCH3 is 1. The molecule has 0 aliphatic carbocycles. The molecular weight excluding hydrogens is 358 g/mol. The van der Waals surface area contributed by atoms with Gasteiger partial charge in [-0.25, -0.2) is 0 Å². The van der Waals surface area contributed by atoms with Crippen molar-refractivity contribution < 1.29 is 14.5 Å². The van der Waals surface area contributed by atoms with Crippen LogP contribution in [0.3, 0.4) is 0 Å². The number of halogens is 1. The van der Waals surface area contributed by atoms with E-state index < -0.39 is 4.92 Å². The lowest BCUT2D eigenvalue weighted by Crippen LogP contribution is -2.49. The number of carbonyl (C=O) groups excluding carboxylic acids is 1. The van der Waals surface area contributed by atoms with E-state index in [0.717, 1.165) is 0 Å². The number of amides is 1. The average Bonchev–Trinajstić information content (AvgIpc) is 2.67. The van der Waals surface area contributed by atoms with Gasteiger partial charge in [-0.3, -0.25) is 14.9 Å². The van der Waals surface area contributed by atoms with Crippen LogP contribution >= 0.6 is 11.6 Å². The summed E-state index contributed by atoms with van der Waals surface area (Å²) in [4.78, 5) is 27.1. The largest absolute Gasteiger partial charge is 0.497 e. The fourth-order valence-electron chi connectivity index (χ4n) is 3.01. The van der Waals surface area contributed by atoms with Gasteiger partial charge in [-0.2, -0.15) is 0 Å². The van der Waals surface area contributed by atoms with Crippen LogP contribution in [0.1, 0.15) is 10.4 Å². The topological polar surface area (TPSA) is 75.9 Å². The summed E-state index contributed by atoms with van der Waals surface area (Å²) in [7, 11) is 1.57. The van der Waals surface area contributed by atoms with Crippen LogP contribution in [-0.4, -0.2) is 49.0 Å². The lowest BCUT2D eigenvalue weighted by atomic mass is 10.1. The Morgan fingerprint density at radius 1 is 1.12 bits per heavy atom. The number of nitrogens with zero attached hydrogens (tertiary/aromatic N) is 3. The van der Waals surface area contributed by atoms with Crippen LogP contribution in [0.2, 0.25) is 5.02 Å². The lowest BCUT2D eigenvalue weighted by molar-refractivity contribution is -0.384. The van der Waals surface area contributed by atoms with Crippen LogP contribution in [0.4, 0.5) is 11.4 Å². The molecule has 1 amide bonds. The van der Waals surface area contributed by atoms with E-state index in [1.165, 1.54) is 6.07 Å². The second kappa shape index (κ2) is 7.61. The van der Waals surface area contributed by atoms with Gasteiger partial charge in [-0.05, 0) is 30.3 Å². The van der Waals surface area contributed by atoms with Crippen LogP contribution in [-0.2, 0) is 0 Å². The lowest BCUT2D eigenvalue weighted by Gasteiger charge is -2.36. The molecule has 0 atom stereocenters. The van der Waals surface area contributed by atoms with Gasteiger partial charge in [0.2, 0.25) is 0 Å². The first-order chi connectivity index (χ1) is 12.5. The quantitative estimate of drug-likeness (QED) is 0.605. The third-order valence-corrected chi connectivity index (χ3v) is 4.69. The molecule has 8 heteroatoms. The molecule has 1 fully saturated rings. The summed E-state index contributed by atoms with van der Waals surface area (Å²) in [5, 5.41) is 11.6. The van der Waals surface area contributed by atoms with Crippen molar-refractivity contribution in [1.82, 2.24) is 4.90 Å². The van der Waals surface area contributed by atoms with E-state index in [-0.39, 0.29) is 11.6 Å². The van der Waals surface area contributed by atoms with Crippen molar-refractivity contribution in [3.8, 4) is 5.75 Å². The molecule has 0 aromatic heterocycles. The van der Waals surface area contributed by atoms with Gasteiger partial charge in [0.1, 0.15) is 11.4 Å². The summed E-state index contributed by atoms with van der Waals surface area (Å²) in [6, 6.07) is 11.6. The van der Waals surface area contributed by atoms with Gasteiger partial charge in [-0.15, -0.1) is 0 Å². The van der Waals surface area contributed by atoms with Crippen LogP contribution in [0.25, 0.3) is 0 Å². The zero-order valence-corrected chi connectivity index (χ0v) is 15.0. The number of hydrogen-bond donors (Lipinski definition) is 0. The van der Waals surface area contributed by atoms with Gasteiger partial charge in [-0.1, -0.05) is 17.7 Å². The zero-order valence-electron chi connectivity index (χ0n) is 14.2. The standard InChI is InChI=1S/C18H18ClN3O4/c1-26-14-7-5-13(6-8-14)18(23)21-11-9-20(10-12-21)17-15(19)3-2-4-16(17)22(24)25/h2-8H,9-12H2,1H3. The molecule has 2 aromatic rings. The van der Waals surface area contributed by atoms with Crippen molar-refractivity contribution >= 4 is 28.9 Å². The third kappa shape index (κ3) is 3.57. The Balaban J connectivity index is 1.71. The van der Waals surface area contributed by atoms with Gasteiger partial charge in [0.25, 0.3) is 11.6 Å². The fourth-order valence-corrected chi connectivity index (χ4v) is 3.30. The van der Waals surface area contributed by atoms with E-state index in [9.17, 15) is 14.9 Å². The number of hydrogen-bond acceptors (Lipinski definition) is 5. The number of nitro groups is 1. The van der Waals surface area contributed by atoms with Crippen LogP contribution < -0.4 is 9.64 Å². The van der Waals surface area contributed by atoms with E-state index in [1.54, 1.807) is 48.4 Å². The maximum atomic E-state index is 12.6. The Kier molecular flexibility index (Phi) is 5.27. The number of anilines is 1. The van der Waals surface area contributed by atoms with Crippen molar-refractivity contribution in [1.29, 1.82) is 0 Å². The molecule has 1 heterocycles. The van der Waals surface area contributed by atoms with Gasteiger partial charge in [0.05, 0.1) is 17.1 Å². The maximum absolute atomic E-state index is 12.6. The van der Waals surface area contributed by atoms with Crippen molar-refractivity contribution in [2.24, 2.45) is 0 Å². The third-order valence-electron chi connectivity index (χ3n) is 4.38. The molecule has 1 aliphatic rings. The highest BCUT2D eigenvalue weighted by atomic mass is 35.5. The second-order valence-corrected chi connectivity index (χ2v) is 6.28. The Morgan fingerprint density at radius 3 is 2.35 bits per heavy atom. The molecule has 2 aromatic carbocycles. The number of ether oxygens (including phenoxy) is 1. The predicted molar refractivity (Wildman–Crippen MR) is 99.2 cm³/mol. The first-order valence-corrected chi connectivity index (χ1v) is 8.50. The van der Waals surface area contributed by atoms with Gasteiger partial charge < -0.3 is 14.5 Å². The normalized spacial score (nSPS) is 14.2. The van der Waals surface area contributed by atoms with Crippen molar-refractivity contribution in [3.05, 3.63) is 63.2 Å². The first kappa shape index (κ1) is 18.0. The Hall–Kier alpha value is -2.80. The highest BCUT2D eigenvalue weighted by Gasteiger charge is 2.28. The Labute approximate surface area is 155 Å². The Morgan fingerprint density at radius 2 is 1.77 bits per heavy atom. The second-order valence-electron chi connectivity index (χ2n) is 5.87. The van der Waals surface area contributed by atoms with E-state index in [2.05, 4.69) is 0 Å². The number of carbonyl (C=O) groups is 1. The fraction of sp³-hybridized carbons (Fsp3) is 0.278. The molecule has 1 aliphatic heterocycles. The number of piperazine rings is 1. The van der Waals surface area contributed by atoms with E-state index >= 15 is 0 Å². The summed E-state index contributed by atoms with van der Waals surface area (Å²) in [6.07, 6.45) is 0. The molecule has 1 saturated heterocycles. The summed E-state index contributed by atoms with van der Waals surface area (Å²) < 4.78 is 5.10. The molecule has 0 saturated carbocycles. The van der Waals surface area contributed by atoms with E-state index in [1.807, 2.05) is 4.90 Å². The molecule has 0 bridgehead atoms. The molecule has 26 heavy (non-hydrogen) atoms. The van der Waals surface area contributed by atoms with E-state index in [4.69, 9.17) is 16.3 Å². The van der Waals surface area contributed by atoms with Crippen molar-refractivity contribution in [2.45, 2.75) is 0 Å². The minimum absolute atomic E-state index is 0.0209. The highest BCUT2D eigenvalue weighted by Crippen LogP contribution is 2.35. The summed E-state index contributed by atoms with van der Waals surface area (Å²) >= 11 is 6.19. The summed E-state index contributed by atoms with van der Waals surface area (Å²) in [6.45, 7) is 1.89. The average molecular weight is 376 g/mol. The van der Waals surface area contributed by atoms with Gasteiger partial charge in [0, 0.05) is 37.8 Å². The molecule has 0 unspecified atom stereocenters. The van der Waals surface area contributed by atoms with Crippen molar-refractivity contribution in [3.63, 3.8) is 0 Å². The SMILES string of the molecule is COc1ccc(C(=O)N2CCN(c3c(Cl)cccc3[N+](=O)[O-])CC2)cc1. The summed E-state index contributed by atoms with van der Waals surface area (Å²) in [5.41, 5.74) is 0.978. The monoisotopic (exact) mass is 375 g/mol. The molecule has 7 nitrogen and oxygen atoms in total. The molecule has 3 rings (SSSR count). The number of rotatable bonds is 4. The maximum Gasteiger partial charge on any atom is 0.294 e. The number of benzene rings is 2. The number of para-hydroxylation sites is 1. The summed E-state index contributed by atoms with van der Waals surface area (Å²) in [5.74, 6) is 0.623. The van der Waals surface area contributed by atoms with Gasteiger partial charge >= 0.3 is 0 Å². The predicted octanol–water partition coefficient (Wildman–Crippen LogP) is 3.22.